The van der Waals surface area contributed by atoms with Crippen molar-refractivity contribution in [3.63, 3.8) is 0 Å². The molecule has 2 N–H and O–H groups in total. The minimum Gasteiger partial charge on any atom is -0.465 e. The average Bonchev–Trinajstić information content (AvgIpc) is 2.84. The standard InChI is InChI=1S/C12H20N2O2/c1-2-5-12(15,11-4-3-10-16-11)14-8-6-13-7-9-14/h3-4,10,13,15H,2,5-9H2,1H3/t12-/m0/s1. The Hall–Kier alpha value is -0.840. The van der Waals surface area contributed by atoms with E-state index in [4.69, 9.17) is 4.42 Å². The SMILES string of the molecule is CCC[C@](O)(c1ccco1)N1CCNCC1. The van der Waals surface area contributed by atoms with E-state index in [9.17, 15) is 5.11 Å². The van der Waals surface area contributed by atoms with Crippen LogP contribution in [0.25, 0.3) is 0 Å². The van der Waals surface area contributed by atoms with E-state index in [1.165, 1.54) is 0 Å². The summed E-state index contributed by atoms with van der Waals surface area (Å²) < 4.78 is 5.39. The van der Waals surface area contributed by atoms with Crippen molar-refractivity contribution >= 4 is 0 Å². The highest BCUT2D eigenvalue weighted by Gasteiger charge is 2.38. The highest BCUT2D eigenvalue weighted by molar-refractivity contribution is 5.09. The maximum absolute atomic E-state index is 10.8. The molecule has 0 bridgehead atoms. The molecule has 1 aliphatic rings. The molecule has 1 atom stereocenters. The molecule has 1 aromatic heterocycles. The monoisotopic (exact) mass is 224 g/mol. The molecular weight excluding hydrogens is 204 g/mol. The first-order valence-corrected chi connectivity index (χ1v) is 5.99. The van der Waals surface area contributed by atoms with E-state index in [0.29, 0.717) is 12.2 Å². The quantitative estimate of drug-likeness (QED) is 0.805. The Labute approximate surface area is 96.2 Å². The predicted octanol–water partition coefficient (Wildman–Crippen LogP) is 1.13. The van der Waals surface area contributed by atoms with Crippen LogP contribution in [-0.2, 0) is 5.72 Å². The molecule has 0 aliphatic carbocycles. The largest absolute Gasteiger partial charge is 0.465 e. The predicted molar refractivity (Wildman–Crippen MR) is 62.0 cm³/mol. The third kappa shape index (κ3) is 2.14. The Morgan fingerprint density at radius 1 is 1.50 bits per heavy atom. The molecular formula is C12H20N2O2. The summed E-state index contributed by atoms with van der Waals surface area (Å²) in [5.74, 6) is 0.663. The van der Waals surface area contributed by atoms with Gasteiger partial charge in [0.1, 0.15) is 0 Å². The van der Waals surface area contributed by atoms with Crippen molar-refractivity contribution in [2.75, 3.05) is 26.2 Å². The molecule has 1 aromatic rings. The Balaban J connectivity index is 2.20. The third-order valence-electron chi connectivity index (χ3n) is 3.15. The Morgan fingerprint density at radius 2 is 2.25 bits per heavy atom. The van der Waals surface area contributed by atoms with Gasteiger partial charge in [0.25, 0.3) is 0 Å². The topological polar surface area (TPSA) is 48.6 Å². The van der Waals surface area contributed by atoms with Crippen molar-refractivity contribution in [1.29, 1.82) is 0 Å². The maximum atomic E-state index is 10.8. The van der Waals surface area contributed by atoms with Crippen LogP contribution in [0.15, 0.2) is 22.8 Å². The van der Waals surface area contributed by atoms with Crippen molar-refractivity contribution < 1.29 is 9.52 Å². The molecule has 16 heavy (non-hydrogen) atoms. The van der Waals surface area contributed by atoms with Gasteiger partial charge < -0.3 is 14.8 Å². The van der Waals surface area contributed by atoms with Gasteiger partial charge in [0, 0.05) is 26.2 Å². The van der Waals surface area contributed by atoms with Gasteiger partial charge in [-0.15, -0.1) is 0 Å². The van der Waals surface area contributed by atoms with Crippen molar-refractivity contribution in [3.05, 3.63) is 24.2 Å². The summed E-state index contributed by atoms with van der Waals surface area (Å²) in [7, 11) is 0. The van der Waals surface area contributed by atoms with E-state index in [-0.39, 0.29) is 0 Å². The summed E-state index contributed by atoms with van der Waals surface area (Å²) in [4.78, 5) is 2.10. The molecule has 0 unspecified atom stereocenters. The fourth-order valence-electron chi connectivity index (χ4n) is 2.33. The number of hydrogen-bond acceptors (Lipinski definition) is 4. The van der Waals surface area contributed by atoms with E-state index in [1.54, 1.807) is 6.26 Å². The fourth-order valence-corrected chi connectivity index (χ4v) is 2.33. The average molecular weight is 224 g/mol. The minimum atomic E-state index is -0.930. The van der Waals surface area contributed by atoms with Crippen LogP contribution in [0.1, 0.15) is 25.5 Å². The van der Waals surface area contributed by atoms with Crippen molar-refractivity contribution in [2.24, 2.45) is 0 Å². The summed E-state index contributed by atoms with van der Waals surface area (Å²) in [6.07, 6.45) is 3.26. The lowest BCUT2D eigenvalue weighted by Crippen LogP contribution is -2.54. The first-order chi connectivity index (χ1) is 7.77. The molecule has 0 aromatic carbocycles. The van der Waals surface area contributed by atoms with Crippen molar-refractivity contribution in [1.82, 2.24) is 10.2 Å². The Bertz CT molecular complexity index is 307. The van der Waals surface area contributed by atoms with Crippen LogP contribution in [0.5, 0.6) is 0 Å². The lowest BCUT2D eigenvalue weighted by Gasteiger charge is -2.40. The van der Waals surface area contributed by atoms with Gasteiger partial charge in [0.15, 0.2) is 11.5 Å². The van der Waals surface area contributed by atoms with Crippen LogP contribution >= 0.6 is 0 Å². The molecule has 0 saturated carbocycles. The number of furan rings is 1. The minimum absolute atomic E-state index is 0.663. The summed E-state index contributed by atoms with van der Waals surface area (Å²) in [5.41, 5.74) is -0.930. The molecule has 0 radical (unpaired) electrons. The van der Waals surface area contributed by atoms with E-state index < -0.39 is 5.72 Å². The lowest BCUT2D eigenvalue weighted by molar-refractivity contribution is -0.140. The van der Waals surface area contributed by atoms with Gasteiger partial charge in [0.05, 0.1) is 6.26 Å². The summed E-state index contributed by atoms with van der Waals surface area (Å²) >= 11 is 0. The number of hydrogen-bond donors (Lipinski definition) is 2. The molecule has 0 amide bonds. The van der Waals surface area contributed by atoms with Gasteiger partial charge in [-0.25, -0.2) is 0 Å². The summed E-state index contributed by atoms with van der Waals surface area (Å²) in [5, 5.41) is 14.1. The van der Waals surface area contributed by atoms with Gasteiger partial charge in [-0.2, -0.15) is 0 Å². The first kappa shape index (κ1) is 11.6. The second-order valence-electron chi connectivity index (χ2n) is 4.28. The van der Waals surface area contributed by atoms with Crippen LogP contribution in [0.2, 0.25) is 0 Å². The van der Waals surface area contributed by atoms with Crippen LogP contribution < -0.4 is 5.32 Å². The molecule has 0 spiro atoms. The first-order valence-electron chi connectivity index (χ1n) is 5.99. The number of aliphatic hydroxyl groups is 1. The van der Waals surface area contributed by atoms with E-state index >= 15 is 0 Å². The molecule has 4 nitrogen and oxygen atoms in total. The second kappa shape index (κ2) is 4.99. The van der Waals surface area contributed by atoms with Crippen LogP contribution in [0.4, 0.5) is 0 Å². The smallest absolute Gasteiger partial charge is 0.177 e. The second-order valence-corrected chi connectivity index (χ2v) is 4.28. The Morgan fingerprint density at radius 3 is 2.81 bits per heavy atom. The number of piperazine rings is 1. The zero-order valence-corrected chi connectivity index (χ0v) is 9.78. The van der Waals surface area contributed by atoms with Crippen LogP contribution in [0, 0.1) is 0 Å². The zero-order chi connectivity index (χ0) is 11.4. The van der Waals surface area contributed by atoms with Gasteiger partial charge in [0.2, 0.25) is 0 Å². The molecule has 90 valence electrons. The van der Waals surface area contributed by atoms with Crippen molar-refractivity contribution in [3.8, 4) is 0 Å². The molecule has 2 rings (SSSR count). The van der Waals surface area contributed by atoms with E-state index in [1.807, 2.05) is 12.1 Å². The Kier molecular flexibility index (Phi) is 3.63. The van der Waals surface area contributed by atoms with Gasteiger partial charge in [-0.1, -0.05) is 13.3 Å². The van der Waals surface area contributed by atoms with Crippen molar-refractivity contribution in [2.45, 2.75) is 25.5 Å². The molecule has 1 saturated heterocycles. The lowest BCUT2D eigenvalue weighted by atomic mass is 10.0. The number of rotatable bonds is 4. The number of nitrogens with one attached hydrogen (secondary N) is 1. The highest BCUT2D eigenvalue weighted by Crippen LogP contribution is 2.31. The molecule has 4 heteroatoms. The van der Waals surface area contributed by atoms with Gasteiger partial charge >= 0.3 is 0 Å². The normalized spacial score (nSPS) is 21.9. The molecule has 2 heterocycles. The third-order valence-corrected chi connectivity index (χ3v) is 3.15. The molecule has 1 fully saturated rings. The zero-order valence-electron chi connectivity index (χ0n) is 9.78. The van der Waals surface area contributed by atoms with E-state index in [0.717, 1.165) is 32.6 Å². The van der Waals surface area contributed by atoms with Gasteiger partial charge in [-0.05, 0) is 18.6 Å². The van der Waals surface area contributed by atoms with E-state index in [2.05, 4.69) is 17.1 Å². The fraction of sp³-hybridized carbons (Fsp3) is 0.667. The van der Waals surface area contributed by atoms with Crippen LogP contribution in [-0.4, -0.2) is 36.2 Å². The summed E-state index contributed by atoms with van der Waals surface area (Å²) in [6.45, 7) is 5.64. The number of nitrogens with zero attached hydrogens (tertiary/aromatic N) is 1. The van der Waals surface area contributed by atoms with Crippen LogP contribution in [0.3, 0.4) is 0 Å². The highest BCUT2D eigenvalue weighted by atomic mass is 16.4. The molecule has 1 aliphatic heterocycles. The summed E-state index contributed by atoms with van der Waals surface area (Å²) in [6, 6.07) is 3.69. The van der Waals surface area contributed by atoms with Gasteiger partial charge in [-0.3, -0.25) is 4.90 Å². The maximum Gasteiger partial charge on any atom is 0.177 e.